The van der Waals surface area contributed by atoms with Crippen molar-refractivity contribution in [1.82, 2.24) is 14.7 Å². The zero-order valence-electron chi connectivity index (χ0n) is 12.4. The third-order valence-electron chi connectivity index (χ3n) is 4.85. The van der Waals surface area contributed by atoms with E-state index in [1.165, 1.54) is 6.42 Å². The van der Waals surface area contributed by atoms with Crippen molar-refractivity contribution < 1.29 is 9.59 Å². The molecule has 0 N–H and O–H groups in total. The smallest absolute Gasteiger partial charge is 0.225 e. The number of amides is 1. The number of carbonyl (C=O) groups excluding carboxylic acids is 2. The third kappa shape index (κ3) is 3.17. The Balaban J connectivity index is 1.54. The summed E-state index contributed by atoms with van der Waals surface area (Å²) in [7, 11) is 0. The van der Waals surface area contributed by atoms with Crippen molar-refractivity contribution in [3.8, 4) is 0 Å². The average molecular weight is 289 g/mol. The molecule has 0 radical (unpaired) electrons. The van der Waals surface area contributed by atoms with Crippen molar-refractivity contribution in [3.63, 3.8) is 0 Å². The van der Waals surface area contributed by atoms with Gasteiger partial charge in [0.05, 0.1) is 17.8 Å². The highest BCUT2D eigenvalue weighted by atomic mass is 16.2. The van der Waals surface area contributed by atoms with E-state index in [1.54, 1.807) is 6.20 Å². The summed E-state index contributed by atoms with van der Waals surface area (Å²) in [6.07, 6.45) is 11.7. The second-order valence-electron chi connectivity index (χ2n) is 6.26. The minimum atomic E-state index is 0.195. The first-order valence-electron chi connectivity index (χ1n) is 8.06. The van der Waals surface area contributed by atoms with Crippen molar-refractivity contribution >= 4 is 12.2 Å². The van der Waals surface area contributed by atoms with Gasteiger partial charge in [-0.2, -0.15) is 5.10 Å². The number of likely N-dealkylation sites (tertiary alicyclic amines) is 1. The fourth-order valence-corrected chi connectivity index (χ4v) is 3.57. The monoisotopic (exact) mass is 289 g/mol. The molecule has 0 unspecified atom stereocenters. The Kier molecular flexibility index (Phi) is 4.36. The van der Waals surface area contributed by atoms with Crippen molar-refractivity contribution in [1.29, 1.82) is 0 Å². The van der Waals surface area contributed by atoms with E-state index in [0.29, 0.717) is 17.5 Å². The van der Waals surface area contributed by atoms with Gasteiger partial charge in [0.25, 0.3) is 0 Å². The average Bonchev–Trinajstić information content (AvgIpc) is 3.04. The summed E-state index contributed by atoms with van der Waals surface area (Å²) < 4.78 is 1.89. The van der Waals surface area contributed by atoms with Crippen molar-refractivity contribution in [2.45, 2.75) is 51.0 Å². The highest BCUT2D eigenvalue weighted by molar-refractivity contribution is 5.79. The van der Waals surface area contributed by atoms with Gasteiger partial charge in [0.1, 0.15) is 0 Å². The molecule has 1 amide bonds. The summed E-state index contributed by atoms with van der Waals surface area (Å²) in [5.74, 6) is 0.558. The lowest BCUT2D eigenvalue weighted by Gasteiger charge is -2.34. The third-order valence-corrected chi connectivity index (χ3v) is 4.85. The van der Waals surface area contributed by atoms with Gasteiger partial charge in [-0.05, 0) is 44.9 Å². The molecule has 5 nitrogen and oxygen atoms in total. The molecule has 0 aromatic carbocycles. The van der Waals surface area contributed by atoms with E-state index in [4.69, 9.17) is 0 Å². The van der Waals surface area contributed by atoms with Crippen LogP contribution in [0.25, 0.3) is 0 Å². The predicted molar refractivity (Wildman–Crippen MR) is 79.0 cm³/mol. The predicted octanol–water partition coefficient (Wildman–Crippen LogP) is 2.44. The zero-order valence-corrected chi connectivity index (χ0v) is 12.4. The summed E-state index contributed by atoms with van der Waals surface area (Å²) in [4.78, 5) is 25.3. The van der Waals surface area contributed by atoms with E-state index in [2.05, 4.69) is 10.00 Å². The van der Waals surface area contributed by atoms with Gasteiger partial charge in [0.2, 0.25) is 5.91 Å². The number of nitrogens with zero attached hydrogens (tertiary/aromatic N) is 3. The van der Waals surface area contributed by atoms with Crippen LogP contribution in [0, 0.1) is 5.92 Å². The first-order valence-corrected chi connectivity index (χ1v) is 8.06. The van der Waals surface area contributed by atoms with Crippen molar-refractivity contribution in [3.05, 3.63) is 18.0 Å². The molecule has 1 saturated heterocycles. The maximum Gasteiger partial charge on any atom is 0.225 e. The Labute approximate surface area is 125 Å². The standard InChI is InChI=1S/C16H23N3O2/c20-12-13-10-17-19(11-13)15-6-4-14(5-7-15)16(21)18-8-2-1-3-9-18/h10-12,14-15H,1-9H2. The number of hydrogen-bond donors (Lipinski definition) is 0. The second kappa shape index (κ2) is 6.41. The van der Waals surface area contributed by atoms with Crippen LogP contribution in [-0.2, 0) is 4.79 Å². The Morgan fingerprint density at radius 2 is 1.86 bits per heavy atom. The van der Waals surface area contributed by atoms with E-state index in [1.807, 2.05) is 10.9 Å². The molecule has 21 heavy (non-hydrogen) atoms. The first-order chi connectivity index (χ1) is 10.3. The molecule has 1 aromatic rings. The topological polar surface area (TPSA) is 55.2 Å². The molecule has 2 aliphatic rings. The maximum absolute atomic E-state index is 12.5. The Morgan fingerprint density at radius 3 is 2.48 bits per heavy atom. The van der Waals surface area contributed by atoms with Gasteiger partial charge in [-0.3, -0.25) is 14.3 Å². The normalized spacial score (nSPS) is 26.6. The fraction of sp³-hybridized carbons (Fsp3) is 0.688. The van der Waals surface area contributed by atoms with Gasteiger partial charge in [-0.1, -0.05) is 0 Å². The molecule has 0 spiro atoms. The molecule has 1 saturated carbocycles. The van der Waals surface area contributed by atoms with Gasteiger partial charge in [-0.15, -0.1) is 0 Å². The van der Waals surface area contributed by atoms with Crippen LogP contribution in [0.3, 0.4) is 0 Å². The minimum absolute atomic E-state index is 0.195. The molecule has 5 heteroatoms. The van der Waals surface area contributed by atoms with Crippen LogP contribution in [-0.4, -0.2) is 40.0 Å². The molecule has 1 aromatic heterocycles. The fourth-order valence-electron chi connectivity index (χ4n) is 3.57. The number of aldehydes is 1. The molecule has 114 valence electrons. The van der Waals surface area contributed by atoms with E-state index in [9.17, 15) is 9.59 Å². The Bertz CT molecular complexity index is 497. The van der Waals surface area contributed by atoms with Gasteiger partial charge >= 0.3 is 0 Å². The molecule has 1 aliphatic carbocycles. The van der Waals surface area contributed by atoms with Gasteiger partial charge in [-0.25, -0.2) is 0 Å². The minimum Gasteiger partial charge on any atom is -0.342 e. The highest BCUT2D eigenvalue weighted by Gasteiger charge is 2.30. The van der Waals surface area contributed by atoms with Crippen LogP contribution in [0.1, 0.15) is 61.3 Å². The Morgan fingerprint density at radius 1 is 1.14 bits per heavy atom. The van der Waals surface area contributed by atoms with Crippen LogP contribution in [0.2, 0.25) is 0 Å². The first kappa shape index (κ1) is 14.3. The number of carbonyl (C=O) groups is 2. The molecule has 0 bridgehead atoms. The molecular weight excluding hydrogens is 266 g/mol. The van der Waals surface area contributed by atoms with Crippen LogP contribution in [0.5, 0.6) is 0 Å². The number of piperidine rings is 1. The SMILES string of the molecule is O=Cc1cnn(C2CCC(C(=O)N3CCCCC3)CC2)c1. The van der Waals surface area contributed by atoms with Crippen LogP contribution in [0.4, 0.5) is 0 Å². The van der Waals surface area contributed by atoms with Crippen molar-refractivity contribution in [2.75, 3.05) is 13.1 Å². The quantitative estimate of drug-likeness (QED) is 0.803. The number of aromatic nitrogens is 2. The summed E-state index contributed by atoms with van der Waals surface area (Å²) in [6.45, 7) is 1.89. The van der Waals surface area contributed by atoms with Gasteiger partial charge in [0, 0.05) is 25.2 Å². The summed E-state index contributed by atoms with van der Waals surface area (Å²) in [5.41, 5.74) is 0.626. The molecule has 0 atom stereocenters. The van der Waals surface area contributed by atoms with Gasteiger partial charge in [0.15, 0.2) is 6.29 Å². The highest BCUT2D eigenvalue weighted by Crippen LogP contribution is 2.33. The van der Waals surface area contributed by atoms with Crippen LogP contribution in [0.15, 0.2) is 12.4 Å². The van der Waals surface area contributed by atoms with E-state index >= 15 is 0 Å². The number of rotatable bonds is 3. The largest absolute Gasteiger partial charge is 0.342 e. The lowest BCUT2D eigenvalue weighted by atomic mass is 9.85. The molecule has 1 aliphatic heterocycles. The zero-order chi connectivity index (χ0) is 14.7. The van der Waals surface area contributed by atoms with Crippen LogP contribution >= 0.6 is 0 Å². The lowest BCUT2D eigenvalue weighted by Crippen LogP contribution is -2.40. The summed E-state index contributed by atoms with van der Waals surface area (Å²) in [5, 5.41) is 4.26. The van der Waals surface area contributed by atoms with E-state index < -0.39 is 0 Å². The summed E-state index contributed by atoms with van der Waals surface area (Å²) >= 11 is 0. The van der Waals surface area contributed by atoms with Gasteiger partial charge < -0.3 is 4.90 Å². The lowest BCUT2D eigenvalue weighted by molar-refractivity contribution is -0.137. The molecular formula is C16H23N3O2. The van der Waals surface area contributed by atoms with E-state index in [0.717, 1.165) is 57.9 Å². The maximum atomic E-state index is 12.5. The Hall–Kier alpha value is -1.65. The summed E-state index contributed by atoms with van der Waals surface area (Å²) in [6, 6.07) is 0.337. The molecule has 2 fully saturated rings. The van der Waals surface area contributed by atoms with E-state index in [-0.39, 0.29) is 5.92 Å². The second-order valence-corrected chi connectivity index (χ2v) is 6.26. The van der Waals surface area contributed by atoms with Crippen LogP contribution < -0.4 is 0 Å². The molecule has 2 heterocycles. The number of hydrogen-bond acceptors (Lipinski definition) is 3. The van der Waals surface area contributed by atoms with Crippen molar-refractivity contribution in [2.24, 2.45) is 5.92 Å². The molecule has 3 rings (SSSR count).